The van der Waals surface area contributed by atoms with Crippen LogP contribution >= 0.6 is 15.9 Å². The van der Waals surface area contributed by atoms with Gasteiger partial charge in [0.25, 0.3) is 0 Å². The van der Waals surface area contributed by atoms with Crippen LogP contribution in [0, 0.1) is 0 Å². The Bertz CT molecular complexity index is 485. The average Bonchev–Trinajstić information content (AvgIpc) is 2.41. The molecule has 1 aromatic rings. The highest BCUT2D eigenvalue weighted by Gasteiger charge is 2.32. The topological polar surface area (TPSA) is 47.7 Å². The molecule has 4 nitrogen and oxygen atoms in total. The number of nitrogens with two attached hydrogens (primary N) is 1. The SMILES string of the molecule is NCC1CN(Cc2ccc(OC(F)(F)F)c(Br)c2)CCO1. The van der Waals surface area contributed by atoms with E-state index in [-0.39, 0.29) is 16.3 Å². The normalized spacial score (nSPS) is 20.5. The van der Waals surface area contributed by atoms with Crippen LogP contribution in [0.1, 0.15) is 5.56 Å². The molecular formula is C13H16BrF3N2O2. The van der Waals surface area contributed by atoms with Gasteiger partial charge in [-0.15, -0.1) is 13.2 Å². The van der Waals surface area contributed by atoms with Crippen molar-refractivity contribution < 1.29 is 22.6 Å². The number of hydrogen-bond acceptors (Lipinski definition) is 4. The van der Waals surface area contributed by atoms with Crippen LogP contribution in [0.2, 0.25) is 0 Å². The maximum Gasteiger partial charge on any atom is 0.573 e. The molecule has 2 N–H and O–H groups in total. The zero-order valence-corrected chi connectivity index (χ0v) is 12.8. The quantitative estimate of drug-likeness (QED) is 0.886. The summed E-state index contributed by atoms with van der Waals surface area (Å²) in [6, 6.07) is 4.57. The van der Waals surface area contributed by atoms with E-state index in [2.05, 4.69) is 25.6 Å². The minimum atomic E-state index is -4.69. The number of alkyl halides is 3. The number of halogens is 4. The van der Waals surface area contributed by atoms with Crippen molar-refractivity contribution in [1.29, 1.82) is 0 Å². The molecule has 8 heteroatoms. The van der Waals surface area contributed by atoms with Crippen molar-refractivity contribution in [3.8, 4) is 5.75 Å². The zero-order valence-electron chi connectivity index (χ0n) is 11.2. The van der Waals surface area contributed by atoms with Crippen LogP contribution in [-0.4, -0.2) is 43.6 Å². The molecule has 0 aromatic heterocycles. The number of benzene rings is 1. The van der Waals surface area contributed by atoms with E-state index >= 15 is 0 Å². The Morgan fingerprint density at radius 2 is 2.19 bits per heavy atom. The minimum Gasteiger partial charge on any atom is -0.405 e. The number of morpholine rings is 1. The molecule has 21 heavy (non-hydrogen) atoms. The lowest BCUT2D eigenvalue weighted by Gasteiger charge is -2.32. The van der Waals surface area contributed by atoms with E-state index < -0.39 is 6.36 Å². The maximum atomic E-state index is 12.2. The number of ether oxygens (including phenoxy) is 2. The second kappa shape index (κ2) is 6.95. The van der Waals surface area contributed by atoms with Gasteiger partial charge in [-0.25, -0.2) is 0 Å². The van der Waals surface area contributed by atoms with Crippen LogP contribution in [0.3, 0.4) is 0 Å². The van der Waals surface area contributed by atoms with E-state index in [4.69, 9.17) is 10.5 Å². The number of nitrogens with zero attached hydrogens (tertiary/aromatic N) is 1. The molecule has 0 saturated carbocycles. The van der Waals surface area contributed by atoms with E-state index in [1.54, 1.807) is 12.1 Å². The highest BCUT2D eigenvalue weighted by atomic mass is 79.9. The Morgan fingerprint density at radius 3 is 2.81 bits per heavy atom. The van der Waals surface area contributed by atoms with Gasteiger partial charge in [0, 0.05) is 26.2 Å². The monoisotopic (exact) mass is 368 g/mol. The predicted molar refractivity (Wildman–Crippen MR) is 74.9 cm³/mol. The average molecular weight is 369 g/mol. The fourth-order valence-corrected chi connectivity index (χ4v) is 2.68. The first kappa shape index (κ1) is 16.5. The third kappa shape index (κ3) is 5.14. The summed E-state index contributed by atoms with van der Waals surface area (Å²) in [6.07, 6.45) is -4.68. The Balaban J connectivity index is 2.00. The minimum absolute atomic E-state index is 0.00928. The van der Waals surface area contributed by atoms with Gasteiger partial charge in [0.15, 0.2) is 0 Å². The van der Waals surface area contributed by atoms with Crippen LogP contribution in [0.15, 0.2) is 22.7 Å². The first-order chi connectivity index (χ1) is 9.87. The molecule has 118 valence electrons. The molecule has 0 amide bonds. The highest BCUT2D eigenvalue weighted by molar-refractivity contribution is 9.10. The summed E-state index contributed by atoms with van der Waals surface area (Å²) in [7, 11) is 0. The van der Waals surface area contributed by atoms with Gasteiger partial charge in [0.05, 0.1) is 17.2 Å². The molecule has 0 bridgehead atoms. The van der Waals surface area contributed by atoms with E-state index in [1.807, 2.05) is 0 Å². The van der Waals surface area contributed by atoms with Gasteiger partial charge >= 0.3 is 6.36 Å². The summed E-state index contributed by atoms with van der Waals surface area (Å²) < 4.78 is 46.3. The highest BCUT2D eigenvalue weighted by Crippen LogP contribution is 2.31. The van der Waals surface area contributed by atoms with E-state index in [0.29, 0.717) is 19.7 Å². The maximum absolute atomic E-state index is 12.2. The van der Waals surface area contributed by atoms with E-state index in [9.17, 15) is 13.2 Å². The summed E-state index contributed by atoms with van der Waals surface area (Å²) in [6.45, 7) is 3.19. The van der Waals surface area contributed by atoms with E-state index in [0.717, 1.165) is 18.7 Å². The Kier molecular flexibility index (Phi) is 5.48. The second-order valence-electron chi connectivity index (χ2n) is 4.78. The smallest absolute Gasteiger partial charge is 0.405 e. The standard InChI is InChI=1S/C13H16BrF3N2O2/c14-11-5-9(1-2-12(11)21-13(15,16)17)7-19-3-4-20-10(6-18)8-19/h1-2,5,10H,3-4,6-8,18H2. The van der Waals surface area contributed by atoms with Gasteiger partial charge in [-0.1, -0.05) is 6.07 Å². The van der Waals surface area contributed by atoms with Gasteiger partial charge < -0.3 is 15.2 Å². The molecule has 2 rings (SSSR count). The van der Waals surface area contributed by atoms with Crippen molar-refractivity contribution in [2.75, 3.05) is 26.2 Å². The van der Waals surface area contributed by atoms with Gasteiger partial charge in [0.2, 0.25) is 0 Å². The molecule has 1 unspecified atom stereocenters. The van der Waals surface area contributed by atoms with Crippen LogP contribution < -0.4 is 10.5 Å². The third-order valence-corrected chi connectivity index (χ3v) is 3.73. The fourth-order valence-electron chi connectivity index (χ4n) is 2.17. The Hall–Kier alpha value is -0.830. The predicted octanol–water partition coefficient (Wildman–Crippen LogP) is 2.51. The lowest BCUT2D eigenvalue weighted by Crippen LogP contribution is -2.45. The lowest BCUT2D eigenvalue weighted by atomic mass is 10.2. The first-order valence-corrected chi connectivity index (χ1v) is 7.25. The molecule has 0 aliphatic carbocycles. The lowest BCUT2D eigenvalue weighted by molar-refractivity contribution is -0.274. The van der Waals surface area contributed by atoms with Gasteiger partial charge in [-0.2, -0.15) is 0 Å². The Morgan fingerprint density at radius 1 is 1.43 bits per heavy atom. The van der Waals surface area contributed by atoms with Crippen LogP contribution in [0.5, 0.6) is 5.75 Å². The molecule has 1 heterocycles. The van der Waals surface area contributed by atoms with Gasteiger partial charge in [0.1, 0.15) is 5.75 Å². The van der Waals surface area contributed by atoms with Crippen molar-refractivity contribution in [3.05, 3.63) is 28.2 Å². The Labute approximate surface area is 129 Å². The molecule has 1 aliphatic heterocycles. The van der Waals surface area contributed by atoms with Gasteiger partial charge in [-0.3, -0.25) is 4.90 Å². The third-order valence-electron chi connectivity index (χ3n) is 3.11. The molecular weight excluding hydrogens is 353 g/mol. The van der Waals surface area contributed by atoms with Crippen LogP contribution in [0.4, 0.5) is 13.2 Å². The number of hydrogen-bond donors (Lipinski definition) is 1. The van der Waals surface area contributed by atoms with Crippen molar-refractivity contribution >= 4 is 15.9 Å². The molecule has 0 spiro atoms. The van der Waals surface area contributed by atoms with Crippen LogP contribution in [0.25, 0.3) is 0 Å². The number of rotatable bonds is 4. The molecule has 1 aromatic carbocycles. The summed E-state index contributed by atoms with van der Waals surface area (Å²) in [5.41, 5.74) is 6.48. The van der Waals surface area contributed by atoms with Crippen molar-refractivity contribution in [2.45, 2.75) is 19.0 Å². The molecule has 1 fully saturated rings. The van der Waals surface area contributed by atoms with Crippen molar-refractivity contribution in [3.63, 3.8) is 0 Å². The first-order valence-electron chi connectivity index (χ1n) is 6.45. The second-order valence-corrected chi connectivity index (χ2v) is 5.63. The molecule has 0 radical (unpaired) electrons. The largest absolute Gasteiger partial charge is 0.573 e. The van der Waals surface area contributed by atoms with Crippen molar-refractivity contribution in [1.82, 2.24) is 4.90 Å². The molecule has 1 aliphatic rings. The summed E-state index contributed by atoms with van der Waals surface area (Å²) in [5.74, 6) is -0.243. The van der Waals surface area contributed by atoms with E-state index in [1.165, 1.54) is 6.07 Å². The zero-order chi connectivity index (χ0) is 15.5. The summed E-state index contributed by atoms with van der Waals surface area (Å²) in [4.78, 5) is 2.16. The van der Waals surface area contributed by atoms with Gasteiger partial charge in [-0.05, 0) is 33.6 Å². The summed E-state index contributed by atoms with van der Waals surface area (Å²) >= 11 is 3.10. The van der Waals surface area contributed by atoms with Crippen LogP contribution in [-0.2, 0) is 11.3 Å². The fraction of sp³-hybridized carbons (Fsp3) is 0.538. The molecule has 1 saturated heterocycles. The summed E-state index contributed by atoms with van der Waals surface area (Å²) in [5, 5.41) is 0. The molecule has 1 atom stereocenters. The van der Waals surface area contributed by atoms with Crippen molar-refractivity contribution in [2.24, 2.45) is 5.73 Å².